The molecule has 0 aromatic heterocycles. The lowest BCUT2D eigenvalue weighted by Crippen LogP contribution is -2.37. The zero-order chi connectivity index (χ0) is 16.5. The van der Waals surface area contributed by atoms with E-state index in [9.17, 15) is 9.59 Å². The topological polar surface area (TPSA) is 46.6 Å². The Hall–Kier alpha value is -2.62. The molecule has 1 aliphatic heterocycles. The van der Waals surface area contributed by atoms with Gasteiger partial charge in [-0.05, 0) is 35.1 Å². The molecule has 2 aromatic carbocycles. The molecule has 1 saturated heterocycles. The molecule has 0 radical (unpaired) electrons. The first-order valence-electron chi connectivity index (χ1n) is 8.36. The van der Waals surface area contributed by atoms with Crippen molar-refractivity contribution in [3.05, 3.63) is 59.7 Å². The van der Waals surface area contributed by atoms with Crippen molar-refractivity contribution < 1.29 is 14.3 Å². The minimum absolute atomic E-state index is 0. The maximum atomic E-state index is 12.3. The molecule has 1 amide bonds. The van der Waals surface area contributed by atoms with E-state index in [1.807, 2.05) is 24.3 Å². The lowest BCUT2D eigenvalue weighted by molar-refractivity contribution is -0.111. The first-order chi connectivity index (χ1) is 11.8. The van der Waals surface area contributed by atoms with Crippen molar-refractivity contribution in [1.29, 1.82) is 0 Å². The fraction of sp³-hybridized carbons (Fsp3) is 0.333. The monoisotopic (exact) mass is 337 g/mol. The van der Waals surface area contributed by atoms with Gasteiger partial charge in [0.2, 0.25) is 0 Å². The fourth-order valence-corrected chi connectivity index (χ4v) is 3.84. The summed E-state index contributed by atoms with van der Waals surface area (Å²) in [5, 5.41) is 0. The first-order valence-corrected chi connectivity index (χ1v) is 8.36. The van der Waals surface area contributed by atoms with Gasteiger partial charge in [-0.2, -0.15) is 0 Å². The molecule has 4 nitrogen and oxygen atoms in total. The van der Waals surface area contributed by atoms with Crippen molar-refractivity contribution in [3.63, 3.8) is 0 Å². The number of hydrogen-bond donors (Lipinski definition) is 0. The fourth-order valence-electron chi connectivity index (χ4n) is 3.84. The van der Waals surface area contributed by atoms with Crippen LogP contribution in [-0.4, -0.2) is 36.5 Å². The molecule has 1 fully saturated rings. The molecular formula is C21H23NO3. The molecule has 4 heteroatoms. The molecule has 4 rings (SSSR count). The van der Waals surface area contributed by atoms with Gasteiger partial charge in [-0.1, -0.05) is 56.0 Å². The third kappa shape index (κ3) is 2.93. The van der Waals surface area contributed by atoms with Crippen LogP contribution in [0, 0.1) is 0 Å². The lowest BCUT2D eigenvalue weighted by atomic mass is 9.98. The van der Waals surface area contributed by atoms with Crippen LogP contribution in [0.3, 0.4) is 0 Å². The highest BCUT2D eigenvalue weighted by molar-refractivity contribution is 5.79. The number of benzene rings is 2. The number of amides is 1. The highest BCUT2D eigenvalue weighted by Crippen LogP contribution is 2.44. The second-order valence-corrected chi connectivity index (χ2v) is 6.34. The Morgan fingerprint density at radius 1 is 1.08 bits per heavy atom. The van der Waals surface area contributed by atoms with Gasteiger partial charge in [0.25, 0.3) is 0 Å². The summed E-state index contributed by atoms with van der Waals surface area (Å²) < 4.78 is 5.58. The van der Waals surface area contributed by atoms with E-state index in [1.165, 1.54) is 22.3 Å². The van der Waals surface area contributed by atoms with E-state index in [0.717, 1.165) is 19.1 Å². The highest BCUT2D eigenvalue weighted by atomic mass is 16.6. The van der Waals surface area contributed by atoms with Gasteiger partial charge in [0.1, 0.15) is 12.9 Å². The van der Waals surface area contributed by atoms with Crippen LogP contribution in [0.2, 0.25) is 0 Å². The maximum Gasteiger partial charge on any atom is 0.410 e. The summed E-state index contributed by atoms with van der Waals surface area (Å²) in [6, 6.07) is 16.2. The van der Waals surface area contributed by atoms with E-state index in [1.54, 1.807) is 4.90 Å². The number of carbonyl (C=O) groups excluding carboxylic acids is 2. The van der Waals surface area contributed by atoms with Gasteiger partial charge in [0, 0.05) is 12.5 Å². The Kier molecular flexibility index (Phi) is 4.88. The number of hydrogen-bond acceptors (Lipinski definition) is 3. The van der Waals surface area contributed by atoms with Crippen LogP contribution in [0.5, 0.6) is 0 Å². The zero-order valence-corrected chi connectivity index (χ0v) is 13.4. The highest BCUT2D eigenvalue weighted by Gasteiger charge is 2.32. The predicted molar refractivity (Wildman–Crippen MR) is 97.6 cm³/mol. The van der Waals surface area contributed by atoms with Gasteiger partial charge in [-0.3, -0.25) is 4.90 Å². The summed E-state index contributed by atoms with van der Waals surface area (Å²) in [6.45, 7) is 0.898. The van der Waals surface area contributed by atoms with Crippen LogP contribution in [0.15, 0.2) is 48.5 Å². The molecular weight excluding hydrogens is 314 g/mol. The molecule has 1 aliphatic carbocycles. The van der Waals surface area contributed by atoms with E-state index in [-0.39, 0.29) is 25.5 Å². The third-order valence-corrected chi connectivity index (χ3v) is 5.03. The summed E-state index contributed by atoms with van der Waals surface area (Å²) >= 11 is 0. The molecule has 0 bridgehead atoms. The van der Waals surface area contributed by atoms with E-state index in [0.29, 0.717) is 13.2 Å². The van der Waals surface area contributed by atoms with Crippen molar-refractivity contribution in [2.75, 3.05) is 13.2 Å². The second-order valence-electron chi connectivity index (χ2n) is 6.34. The smallest absolute Gasteiger partial charge is 0.410 e. The van der Waals surface area contributed by atoms with Gasteiger partial charge in [0.15, 0.2) is 0 Å². The van der Waals surface area contributed by atoms with Gasteiger partial charge in [-0.25, -0.2) is 4.79 Å². The minimum atomic E-state index is -0.383. The SMILES string of the molecule is C.O=CC1CCCN1C(=O)OCC1c2ccccc2-c2ccccc21. The Morgan fingerprint density at radius 3 is 2.28 bits per heavy atom. The number of ether oxygens (including phenoxy) is 1. The Morgan fingerprint density at radius 2 is 1.68 bits per heavy atom. The number of carbonyl (C=O) groups is 2. The van der Waals surface area contributed by atoms with Crippen molar-refractivity contribution in [3.8, 4) is 11.1 Å². The number of nitrogens with zero attached hydrogens (tertiary/aromatic N) is 1. The Balaban J connectivity index is 0.00000182. The Labute approximate surface area is 148 Å². The van der Waals surface area contributed by atoms with Gasteiger partial charge >= 0.3 is 6.09 Å². The minimum Gasteiger partial charge on any atom is -0.448 e. The van der Waals surface area contributed by atoms with Crippen LogP contribution in [-0.2, 0) is 9.53 Å². The summed E-state index contributed by atoms with van der Waals surface area (Å²) in [5.41, 5.74) is 4.81. The van der Waals surface area contributed by atoms with Crippen LogP contribution >= 0.6 is 0 Å². The third-order valence-electron chi connectivity index (χ3n) is 5.03. The number of likely N-dealkylation sites (tertiary alicyclic amines) is 1. The average Bonchev–Trinajstić information content (AvgIpc) is 3.22. The zero-order valence-electron chi connectivity index (χ0n) is 13.4. The molecule has 1 unspecified atom stereocenters. The van der Waals surface area contributed by atoms with Gasteiger partial charge in [0.05, 0.1) is 6.04 Å². The van der Waals surface area contributed by atoms with E-state index in [4.69, 9.17) is 4.74 Å². The first kappa shape index (κ1) is 17.2. The molecule has 0 spiro atoms. The summed E-state index contributed by atoms with van der Waals surface area (Å²) in [6.07, 6.45) is 2.04. The molecule has 25 heavy (non-hydrogen) atoms. The number of rotatable bonds is 3. The van der Waals surface area contributed by atoms with Crippen molar-refractivity contribution in [2.24, 2.45) is 0 Å². The number of aldehydes is 1. The molecule has 130 valence electrons. The average molecular weight is 337 g/mol. The van der Waals surface area contributed by atoms with E-state index >= 15 is 0 Å². The largest absolute Gasteiger partial charge is 0.448 e. The van der Waals surface area contributed by atoms with Crippen LogP contribution in [0.25, 0.3) is 11.1 Å². The normalized spacial score (nSPS) is 18.2. The van der Waals surface area contributed by atoms with E-state index < -0.39 is 0 Å². The Bertz CT molecular complexity index is 741. The van der Waals surface area contributed by atoms with Crippen molar-refractivity contribution >= 4 is 12.4 Å². The molecule has 0 saturated carbocycles. The molecule has 2 aliphatic rings. The van der Waals surface area contributed by atoms with Crippen molar-refractivity contribution in [1.82, 2.24) is 4.90 Å². The van der Waals surface area contributed by atoms with Gasteiger partial charge in [-0.15, -0.1) is 0 Å². The lowest BCUT2D eigenvalue weighted by Gasteiger charge is -2.21. The van der Waals surface area contributed by atoms with Crippen LogP contribution < -0.4 is 0 Å². The molecule has 0 N–H and O–H groups in total. The standard InChI is InChI=1S/C20H19NO3.CH4/c22-12-14-6-5-11-21(14)20(23)24-13-19-17-9-3-1-7-15(17)16-8-2-4-10-18(16)19;/h1-4,7-10,12,14,19H,5-6,11,13H2;1H4. The van der Waals surface area contributed by atoms with Crippen LogP contribution in [0.1, 0.15) is 37.3 Å². The maximum absolute atomic E-state index is 12.3. The van der Waals surface area contributed by atoms with Crippen LogP contribution in [0.4, 0.5) is 4.79 Å². The molecule has 1 heterocycles. The summed E-state index contributed by atoms with van der Waals surface area (Å²) in [5.74, 6) is 0.0543. The van der Waals surface area contributed by atoms with E-state index in [2.05, 4.69) is 24.3 Å². The molecule has 1 atom stereocenters. The van der Waals surface area contributed by atoms with Gasteiger partial charge < -0.3 is 9.53 Å². The predicted octanol–water partition coefficient (Wildman–Crippen LogP) is 4.23. The molecule has 2 aromatic rings. The van der Waals surface area contributed by atoms with Crippen molar-refractivity contribution in [2.45, 2.75) is 32.2 Å². The summed E-state index contributed by atoms with van der Waals surface area (Å²) in [7, 11) is 0. The summed E-state index contributed by atoms with van der Waals surface area (Å²) in [4.78, 5) is 24.9. The quantitative estimate of drug-likeness (QED) is 0.787. The number of fused-ring (bicyclic) bond motifs is 3. The second kappa shape index (κ2) is 7.09.